The SMILES string of the molecule is C=CC(=O)Nc1ccc(-c2nn3ncnc(N)c3c2-c2ccc(OC3CCC3)cc2)cn1. The van der Waals surface area contributed by atoms with Crippen LogP contribution in [0.5, 0.6) is 5.75 Å². The minimum absolute atomic E-state index is 0.309. The molecule has 0 saturated heterocycles. The number of pyridine rings is 1. The number of hydrogen-bond acceptors (Lipinski definition) is 7. The first-order valence-corrected chi connectivity index (χ1v) is 10.3. The molecule has 0 atom stereocenters. The summed E-state index contributed by atoms with van der Waals surface area (Å²) in [5.41, 5.74) is 9.90. The Morgan fingerprint density at radius 2 is 1.94 bits per heavy atom. The quantitative estimate of drug-likeness (QED) is 0.452. The standard InChI is InChI=1S/C23H21N7O2/c1-2-19(31)28-18-11-8-15(12-25-18)21-20(22-23(24)26-13-27-30(22)29-21)14-6-9-17(10-7-14)32-16-4-3-5-16/h2,6-13,16H,1,3-5H2,(H2,24,26,27)(H,25,28,31). The lowest BCUT2D eigenvalue weighted by Gasteiger charge is -2.26. The van der Waals surface area contributed by atoms with Gasteiger partial charge < -0.3 is 15.8 Å². The Labute approximate surface area is 184 Å². The van der Waals surface area contributed by atoms with Gasteiger partial charge in [-0.25, -0.2) is 9.97 Å². The third-order valence-corrected chi connectivity index (χ3v) is 5.44. The lowest BCUT2D eigenvalue weighted by atomic mass is 9.96. The minimum atomic E-state index is -0.328. The molecule has 1 aliphatic carbocycles. The van der Waals surface area contributed by atoms with Crippen molar-refractivity contribution in [2.75, 3.05) is 11.1 Å². The third kappa shape index (κ3) is 3.64. The number of nitrogens with zero attached hydrogens (tertiary/aromatic N) is 5. The van der Waals surface area contributed by atoms with E-state index in [0.29, 0.717) is 29.0 Å². The van der Waals surface area contributed by atoms with E-state index in [0.717, 1.165) is 35.3 Å². The molecular weight excluding hydrogens is 406 g/mol. The molecular formula is C23H21N7O2. The molecule has 3 N–H and O–H groups in total. The largest absolute Gasteiger partial charge is 0.490 e. The number of carbonyl (C=O) groups excluding carboxylic acids is 1. The van der Waals surface area contributed by atoms with Gasteiger partial charge in [0.1, 0.15) is 29.1 Å². The van der Waals surface area contributed by atoms with Gasteiger partial charge in [-0.15, -0.1) is 14.8 Å². The zero-order valence-corrected chi connectivity index (χ0v) is 17.2. The zero-order chi connectivity index (χ0) is 22.1. The van der Waals surface area contributed by atoms with Crippen LogP contribution in [0.25, 0.3) is 27.9 Å². The first kappa shape index (κ1) is 19.7. The van der Waals surface area contributed by atoms with Crippen molar-refractivity contribution in [3.05, 3.63) is 61.6 Å². The number of anilines is 2. The molecule has 1 saturated carbocycles. The van der Waals surface area contributed by atoms with Crippen molar-refractivity contribution in [1.82, 2.24) is 24.8 Å². The van der Waals surface area contributed by atoms with E-state index < -0.39 is 0 Å². The molecule has 0 aliphatic heterocycles. The van der Waals surface area contributed by atoms with Gasteiger partial charge >= 0.3 is 0 Å². The van der Waals surface area contributed by atoms with Crippen LogP contribution in [0, 0.1) is 0 Å². The highest BCUT2D eigenvalue weighted by Gasteiger charge is 2.22. The first-order chi connectivity index (χ1) is 15.6. The van der Waals surface area contributed by atoms with Crippen LogP contribution in [-0.2, 0) is 4.79 Å². The van der Waals surface area contributed by atoms with Crippen LogP contribution in [0.1, 0.15) is 19.3 Å². The molecule has 0 unspecified atom stereocenters. The highest BCUT2D eigenvalue weighted by Crippen LogP contribution is 2.37. The molecule has 4 aromatic rings. The molecule has 9 heteroatoms. The van der Waals surface area contributed by atoms with Crippen molar-refractivity contribution in [3.63, 3.8) is 0 Å². The maximum atomic E-state index is 11.5. The van der Waals surface area contributed by atoms with E-state index in [1.54, 1.807) is 12.3 Å². The highest BCUT2D eigenvalue weighted by molar-refractivity contribution is 5.99. The number of hydrogen-bond donors (Lipinski definition) is 2. The third-order valence-electron chi connectivity index (χ3n) is 5.44. The average molecular weight is 427 g/mol. The summed E-state index contributed by atoms with van der Waals surface area (Å²) in [7, 11) is 0. The Balaban J connectivity index is 1.56. The van der Waals surface area contributed by atoms with Crippen LogP contribution in [0.2, 0.25) is 0 Å². The molecule has 0 bridgehead atoms. The molecule has 1 fully saturated rings. The van der Waals surface area contributed by atoms with Crippen molar-refractivity contribution in [1.29, 1.82) is 0 Å². The normalized spacial score (nSPS) is 13.5. The summed E-state index contributed by atoms with van der Waals surface area (Å²) in [6.07, 6.45) is 7.93. The maximum Gasteiger partial charge on any atom is 0.248 e. The van der Waals surface area contributed by atoms with Gasteiger partial charge in [0.25, 0.3) is 0 Å². The van der Waals surface area contributed by atoms with Crippen LogP contribution >= 0.6 is 0 Å². The summed E-state index contributed by atoms with van der Waals surface area (Å²) in [4.78, 5) is 20.0. The van der Waals surface area contributed by atoms with E-state index in [9.17, 15) is 4.79 Å². The lowest BCUT2D eigenvalue weighted by Crippen LogP contribution is -2.24. The number of benzene rings is 1. The minimum Gasteiger partial charge on any atom is -0.490 e. The molecule has 0 radical (unpaired) electrons. The summed E-state index contributed by atoms with van der Waals surface area (Å²) in [5.74, 6) is 1.25. The number of amides is 1. The molecule has 3 heterocycles. The smallest absolute Gasteiger partial charge is 0.248 e. The van der Waals surface area contributed by atoms with E-state index in [2.05, 4.69) is 32.1 Å². The number of carbonyl (C=O) groups is 1. The van der Waals surface area contributed by atoms with Crippen molar-refractivity contribution in [2.45, 2.75) is 25.4 Å². The Morgan fingerprint density at radius 3 is 2.59 bits per heavy atom. The molecule has 9 nitrogen and oxygen atoms in total. The Kier molecular flexibility index (Phi) is 4.98. The number of ether oxygens (including phenoxy) is 1. The van der Waals surface area contributed by atoms with E-state index in [-0.39, 0.29) is 5.91 Å². The van der Waals surface area contributed by atoms with Crippen molar-refractivity contribution in [3.8, 4) is 28.1 Å². The van der Waals surface area contributed by atoms with Crippen LogP contribution in [0.4, 0.5) is 11.6 Å². The molecule has 3 aromatic heterocycles. The second kappa shape index (κ2) is 8.10. The lowest BCUT2D eigenvalue weighted by molar-refractivity contribution is -0.111. The van der Waals surface area contributed by atoms with E-state index in [1.165, 1.54) is 23.5 Å². The van der Waals surface area contributed by atoms with Gasteiger partial charge in [0.15, 0.2) is 5.82 Å². The Morgan fingerprint density at radius 1 is 1.16 bits per heavy atom. The zero-order valence-electron chi connectivity index (χ0n) is 17.2. The fraction of sp³-hybridized carbons (Fsp3) is 0.174. The summed E-state index contributed by atoms with van der Waals surface area (Å²) < 4.78 is 7.45. The molecule has 160 valence electrons. The number of nitrogen functional groups attached to an aromatic ring is 1. The van der Waals surface area contributed by atoms with E-state index in [1.807, 2.05) is 30.3 Å². The van der Waals surface area contributed by atoms with Crippen LogP contribution in [0.15, 0.2) is 61.6 Å². The number of fused-ring (bicyclic) bond motifs is 1. The van der Waals surface area contributed by atoms with E-state index in [4.69, 9.17) is 10.5 Å². The van der Waals surface area contributed by atoms with Gasteiger partial charge in [0, 0.05) is 17.3 Å². The topological polar surface area (TPSA) is 120 Å². The van der Waals surface area contributed by atoms with Gasteiger partial charge in [-0.05, 0) is 55.2 Å². The van der Waals surface area contributed by atoms with Gasteiger partial charge in [-0.3, -0.25) is 4.79 Å². The highest BCUT2D eigenvalue weighted by atomic mass is 16.5. The van der Waals surface area contributed by atoms with Gasteiger partial charge in [0.05, 0.1) is 6.10 Å². The predicted molar refractivity (Wildman–Crippen MR) is 121 cm³/mol. The number of rotatable bonds is 6. The summed E-state index contributed by atoms with van der Waals surface area (Å²) in [6, 6.07) is 11.4. The molecule has 1 amide bonds. The van der Waals surface area contributed by atoms with Gasteiger partial charge in [0.2, 0.25) is 5.91 Å². The summed E-state index contributed by atoms with van der Waals surface area (Å²) in [5, 5.41) is 11.5. The summed E-state index contributed by atoms with van der Waals surface area (Å²) >= 11 is 0. The van der Waals surface area contributed by atoms with Gasteiger partial charge in [-0.2, -0.15) is 0 Å². The first-order valence-electron chi connectivity index (χ1n) is 10.3. The Bertz CT molecular complexity index is 1290. The van der Waals surface area contributed by atoms with Crippen molar-refractivity contribution in [2.24, 2.45) is 0 Å². The molecule has 32 heavy (non-hydrogen) atoms. The maximum absolute atomic E-state index is 11.5. The molecule has 1 aliphatic rings. The Hall–Kier alpha value is -4.27. The molecule has 5 rings (SSSR count). The summed E-state index contributed by atoms with van der Waals surface area (Å²) in [6.45, 7) is 3.44. The van der Waals surface area contributed by atoms with Crippen molar-refractivity contribution >= 4 is 23.1 Å². The second-order valence-corrected chi connectivity index (χ2v) is 7.53. The van der Waals surface area contributed by atoms with Crippen molar-refractivity contribution < 1.29 is 9.53 Å². The molecule has 1 aromatic carbocycles. The monoisotopic (exact) mass is 427 g/mol. The predicted octanol–water partition coefficient (Wildman–Crippen LogP) is 3.49. The second-order valence-electron chi connectivity index (χ2n) is 7.53. The van der Waals surface area contributed by atoms with Crippen LogP contribution < -0.4 is 15.8 Å². The number of aromatic nitrogens is 5. The van der Waals surface area contributed by atoms with E-state index >= 15 is 0 Å². The molecule has 0 spiro atoms. The van der Waals surface area contributed by atoms with Crippen LogP contribution in [0.3, 0.4) is 0 Å². The number of nitrogens with one attached hydrogen (secondary N) is 1. The fourth-order valence-corrected chi connectivity index (χ4v) is 3.56. The fourth-order valence-electron chi connectivity index (χ4n) is 3.56. The van der Waals surface area contributed by atoms with Gasteiger partial charge in [-0.1, -0.05) is 18.7 Å². The van der Waals surface area contributed by atoms with Crippen LogP contribution in [-0.4, -0.2) is 36.8 Å². The average Bonchev–Trinajstić information content (AvgIpc) is 3.18. The number of nitrogens with two attached hydrogens (primary N) is 1.